The van der Waals surface area contributed by atoms with E-state index in [0.29, 0.717) is 0 Å². The minimum Gasteiger partial charge on any atom is -0.568 e. The third-order valence-electron chi connectivity index (χ3n) is 0.847. The average molecular weight is 152 g/mol. The molecule has 2 N–H and O–H groups in total. The van der Waals surface area contributed by atoms with Gasteiger partial charge in [-0.2, -0.15) is 0 Å². The summed E-state index contributed by atoms with van der Waals surface area (Å²) in [5.41, 5.74) is 5.01. The van der Waals surface area contributed by atoms with Gasteiger partial charge in [-0.3, -0.25) is 0 Å². The van der Waals surface area contributed by atoms with Gasteiger partial charge in [0.15, 0.2) is 0 Å². The van der Waals surface area contributed by atoms with Crippen LogP contribution in [0.15, 0.2) is 29.3 Å². The number of nitrogens with zero attached hydrogens (tertiary/aromatic N) is 1. The molecule has 11 heavy (non-hydrogen) atoms. The number of aliphatic imine (C=N–C) groups is 1. The van der Waals surface area contributed by atoms with Crippen LogP contribution in [-0.4, -0.2) is 21.5 Å². The van der Waals surface area contributed by atoms with E-state index < -0.39 is 0 Å². The molecular weight excluding hydrogens is 143 g/mol. The van der Waals surface area contributed by atoms with E-state index in [1.807, 2.05) is 0 Å². The molecule has 0 aliphatic rings. The molecule has 0 atom stereocenters. The van der Waals surface area contributed by atoms with Gasteiger partial charge in [0.1, 0.15) is 0 Å². The molecule has 0 heterocycles. The number of nitrogens with two attached hydrogens (primary N) is 1. The molecule has 0 unspecified atom stereocenters. The van der Waals surface area contributed by atoms with Gasteiger partial charge in [0.05, 0.1) is 19.2 Å². The van der Waals surface area contributed by atoms with Crippen LogP contribution >= 0.6 is 0 Å². The third-order valence-corrected chi connectivity index (χ3v) is 0.847. The summed E-state index contributed by atoms with van der Waals surface area (Å²) in [6, 6.07) is 0. The van der Waals surface area contributed by atoms with Crippen molar-refractivity contribution in [3.63, 3.8) is 0 Å². The summed E-state index contributed by atoms with van der Waals surface area (Å²) in [5.74, 6) is 0.524. The monoisotopic (exact) mass is 152 g/mol. The molecule has 0 saturated carbocycles. The fourth-order valence-corrected chi connectivity index (χ4v) is 0.394. The van der Waals surface area contributed by atoms with E-state index in [1.54, 1.807) is 0 Å². The van der Waals surface area contributed by atoms with Crippen molar-refractivity contribution in [1.82, 2.24) is 0 Å². The molecule has 0 spiro atoms. The van der Waals surface area contributed by atoms with E-state index in [0.717, 1.165) is 6.34 Å². The molecule has 0 bridgehead atoms. The summed E-state index contributed by atoms with van der Waals surface area (Å²) in [5, 5.41) is 0. The second kappa shape index (κ2) is 5.40. The molecule has 2 radical (unpaired) electrons. The molecule has 0 aliphatic heterocycles. The van der Waals surface area contributed by atoms with Crippen molar-refractivity contribution in [2.75, 3.05) is 7.11 Å². The lowest BCUT2D eigenvalue weighted by atomic mass is 10.4. The molecule has 0 aromatic carbocycles. The van der Waals surface area contributed by atoms with Crippen LogP contribution in [0.3, 0.4) is 0 Å². The van der Waals surface area contributed by atoms with Crippen LogP contribution in [0, 0.1) is 0 Å². The lowest BCUT2D eigenvalue weighted by molar-refractivity contribution is 0.286. The number of ether oxygens (including phenoxy) is 1. The van der Waals surface area contributed by atoms with Crippen LogP contribution in [-0.2, 0) is 9.39 Å². The van der Waals surface area contributed by atoms with Gasteiger partial charge in [-0.1, -0.05) is 6.58 Å². The van der Waals surface area contributed by atoms with Crippen molar-refractivity contribution in [3.05, 3.63) is 24.3 Å². The second-order valence-corrected chi connectivity index (χ2v) is 1.55. The number of hydrogen-bond acceptors (Lipinski definition) is 3. The first-order valence-electron chi connectivity index (χ1n) is 2.80. The van der Waals surface area contributed by atoms with E-state index in [-0.39, 0.29) is 11.6 Å². The Morgan fingerprint density at radius 3 is 2.73 bits per heavy atom. The molecule has 0 rings (SSSR count). The molecule has 0 saturated heterocycles. The largest absolute Gasteiger partial charge is 0.568 e. The summed E-state index contributed by atoms with van der Waals surface area (Å²) in [7, 11) is 6.24. The van der Waals surface area contributed by atoms with Crippen LogP contribution in [0.1, 0.15) is 0 Å². The Morgan fingerprint density at radius 2 is 2.36 bits per heavy atom. The smallest absolute Gasteiger partial charge is 0.374 e. The molecule has 58 valence electrons. The van der Waals surface area contributed by atoms with Gasteiger partial charge < -0.3 is 15.1 Å². The van der Waals surface area contributed by atoms with Crippen LogP contribution in [0.5, 0.6) is 0 Å². The lowest BCUT2D eigenvalue weighted by Gasteiger charge is -2.00. The van der Waals surface area contributed by atoms with Crippen LogP contribution in [0.4, 0.5) is 0 Å². The van der Waals surface area contributed by atoms with Gasteiger partial charge >= 0.3 is 8.05 Å². The predicted molar refractivity (Wildman–Crippen MR) is 43.8 cm³/mol. The molecule has 0 amide bonds. The van der Waals surface area contributed by atoms with Crippen molar-refractivity contribution in [2.45, 2.75) is 0 Å². The minimum absolute atomic E-state index is 0.243. The van der Waals surface area contributed by atoms with E-state index in [2.05, 4.69) is 16.2 Å². The maximum Gasteiger partial charge on any atom is 0.374 e. The lowest BCUT2D eigenvalue weighted by Crippen LogP contribution is -1.92. The first-order chi connectivity index (χ1) is 5.24. The van der Waals surface area contributed by atoms with Gasteiger partial charge in [0.2, 0.25) is 5.88 Å². The molecule has 5 heteroatoms. The first kappa shape index (κ1) is 9.61. The van der Waals surface area contributed by atoms with E-state index in [4.69, 9.17) is 18.5 Å². The average Bonchev–Trinajstić information content (AvgIpc) is 2.03. The van der Waals surface area contributed by atoms with Gasteiger partial charge in [-0.25, -0.2) is 4.99 Å². The summed E-state index contributed by atoms with van der Waals surface area (Å²) < 4.78 is 9.01. The summed E-state index contributed by atoms with van der Waals surface area (Å²) >= 11 is 0. The quantitative estimate of drug-likeness (QED) is 0.204. The Hall–Kier alpha value is -1.39. The number of rotatable bonds is 4. The Labute approximate surface area is 66.8 Å². The fraction of sp³-hybridized carbons (Fsp3) is 0.167. The maximum atomic E-state index is 5.01. The van der Waals surface area contributed by atoms with Gasteiger partial charge in [-0.15, -0.1) is 0 Å². The van der Waals surface area contributed by atoms with Crippen LogP contribution in [0.2, 0.25) is 0 Å². The third kappa shape index (κ3) is 4.08. The van der Waals surface area contributed by atoms with Gasteiger partial charge in [-0.05, 0) is 0 Å². The standard InChI is InChI=1S/C6H9BN2O2/c1-5(11-7)3-6(10-2)9-4-8/h3-4H,1H2,2H3,(H2,8,9)/b6-3+. The zero-order chi connectivity index (χ0) is 8.69. The molecule has 0 aromatic rings. The topological polar surface area (TPSA) is 56.8 Å². The van der Waals surface area contributed by atoms with Crippen molar-refractivity contribution < 1.29 is 9.39 Å². The number of hydrogen-bond donors (Lipinski definition) is 1. The maximum absolute atomic E-state index is 5.01. The number of methoxy groups -OCH3 is 1. The SMILES string of the molecule is [B]OC(=C)/C=C(\N=CN)OC. The zero-order valence-corrected chi connectivity index (χ0v) is 6.28. The number of allylic oxidation sites excluding steroid dienone is 1. The molecule has 0 fully saturated rings. The Balaban J connectivity index is 4.22. The molecule has 0 aromatic heterocycles. The Morgan fingerprint density at radius 1 is 1.73 bits per heavy atom. The van der Waals surface area contributed by atoms with Gasteiger partial charge in [0.25, 0.3) is 0 Å². The van der Waals surface area contributed by atoms with E-state index >= 15 is 0 Å². The summed E-state index contributed by atoms with van der Waals surface area (Å²) in [6.07, 6.45) is 2.50. The van der Waals surface area contributed by atoms with Crippen LogP contribution < -0.4 is 5.73 Å². The Bertz CT molecular complexity index is 189. The first-order valence-corrected chi connectivity index (χ1v) is 2.80. The van der Waals surface area contributed by atoms with Crippen LogP contribution in [0.25, 0.3) is 0 Å². The summed E-state index contributed by atoms with van der Waals surface area (Å²) in [4.78, 5) is 3.63. The molecule has 0 aliphatic carbocycles. The zero-order valence-electron chi connectivity index (χ0n) is 6.28. The highest BCUT2D eigenvalue weighted by Gasteiger charge is 1.91. The van der Waals surface area contributed by atoms with E-state index in [1.165, 1.54) is 13.2 Å². The summed E-state index contributed by atoms with van der Waals surface area (Å²) in [6.45, 7) is 3.42. The van der Waals surface area contributed by atoms with E-state index in [9.17, 15) is 0 Å². The minimum atomic E-state index is 0.243. The van der Waals surface area contributed by atoms with Crippen molar-refractivity contribution in [3.8, 4) is 0 Å². The highest BCUT2D eigenvalue weighted by Crippen LogP contribution is 2.01. The normalized spacial score (nSPS) is 11.5. The predicted octanol–water partition coefficient (Wildman–Crippen LogP) is 0.0750. The highest BCUT2D eigenvalue weighted by atomic mass is 16.5. The van der Waals surface area contributed by atoms with Crippen molar-refractivity contribution in [1.29, 1.82) is 0 Å². The van der Waals surface area contributed by atoms with Crippen molar-refractivity contribution >= 4 is 14.4 Å². The Kier molecular flexibility index (Phi) is 4.72. The van der Waals surface area contributed by atoms with Gasteiger partial charge in [0, 0.05) is 6.08 Å². The molecular formula is C6H9BN2O2. The molecule has 4 nitrogen and oxygen atoms in total. The second-order valence-electron chi connectivity index (χ2n) is 1.55. The fourth-order valence-electron chi connectivity index (χ4n) is 0.394. The van der Waals surface area contributed by atoms with Crippen molar-refractivity contribution in [2.24, 2.45) is 10.7 Å². The highest BCUT2D eigenvalue weighted by molar-refractivity contribution is 5.98.